The molecule has 1 saturated heterocycles. The Morgan fingerprint density at radius 1 is 1.29 bits per heavy atom. The van der Waals surface area contributed by atoms with Crippen LogP contribution in [0.4, 0.5) is 0 Å². The standard InChI is InChI=1S/C12H15NO/c1-14-12-6-9-4-2-3-8(9)5-10(12)11-7-13-11/h5-6,11,13H,2-4,7H2,1H3/t11-/m1/s1. The van der Waals surface area contributed by atoms with Gasteiger partial charge in [0.05, 0.1) is 7.11 Å². The second-order valence-corrected chi connectivity index (χ2v) is 4.18. The lowest BCUT2D eigenvalue weighted by molar-refractivity contribution is 0.409. The van der Waals surface area contributed by atoms with Gasteiger partial charge in [0.15, 0.2) is 0 Å². The van der Waals surface area contributed by atoms with E-state index in [0.717, 1.165) is 12.3 Å². The number of aryl methyl sites for hydroxylation is 2. The van der Waals surface area contributed by atoms with Crippen LogP contribution in [0.1, 0.15) is 29.2 Å². The minimum absolute atomic E-state index is 0.552. The molecule has 1 aliphatic heterocycles. The smallest absolute Gasteiger partial charge is 0.123 e. The fraction of sp³-hybridized carbons (Fsp3) is 0.500. The van der Waals surface area contributed by atoms with Gasteiger partial charge in [-0.3, -0.25) is 0 Å². The summed E-state index contributed by atoms with van der Waals surface area (Å²) in [6.45, 7) is 1.11. The first-order chi connectivity index (χ1) is 6.88. The van der Waals surface area contributed by atoms with E-state index in [9.17, 15) is 0 Å². The van der Waals surface area contributed by atoms with Crippen LogP contribution >= 0.6 is 0 Å². The van der Waals surface area contributed by atoms with E-state index in [-0.39, 0.29) is 0 Å². The molecule has 3 rings (SSSR count). The third kappa shape index (κ3) is 1.22. The molecule has 1 heterocycles. The summed E-state index contributed by atoms with van der Waals surface area (Å²) in [6, 6.07) is 5.12. The van der Waals surface area contributed by atoms with Crippen LogP contribution < -0.4 is 10.1 Å². The van der Waals surface area contributed by atoms with Crippen molar-refractivity contribution in [1.29, 1.82) is 0 Å². The van der Waals surface area contributed by atoms with E-state index in [2.05, 4.69) is 17.4 Å². The normalized spacial score (nSPS) is 23.4. The molecular formula is C12H15NO. The number of ether oxygens (including phenoxy) is 1. The summed E-state index contributed by atoms with van der Waals surface area (Å²) < 4.78 is 5.43. The lowest BCUT2D eigenvalue weighted by Crippen LogP contribution is -1.95. The number of hydrogen-bond acceptors (Lipinski definition) is 2. The predicted molar refractivity (Wildman–Crippen MR) is 55.8 cm³/mol. The Labute approximate surface area is 84.3 Å². The molecule has 0 amide bonds. The average Bonchev–Trinajstić information content (AvgIpc) is 2.95. The topological polar surface area (TPSA) is 31.2 Å². The first-order valence-corrected chi connectivity index (χ1v) is 5.31. The van der Waals surface area contributed by atoms with Crippen LogP contribution in [0.5, 0.6) is 5.75 Å². The van der Waals surface area contributed by atoms with Gasteiger partial charge in [-0.15, -0.1) is 0 Å². The fourth-order valence-electron chi connectivity index (χ4n) is 2.35. The van der Waals surface area contributed by atoms with Crippen molar-refractivity contribution in [2.75, 3.05) is 13.7 Å². The zero-order valence-electron chi connectivity index (χ0n) is 8.47. The highest BCUT2D eigenvalue weighted by atomic mass is 16.5. The third-order valence-corrected chi connectivity index (χ3v) is 3.23. The predicted octanol–water partition coefficient (Wildman–Crippen LogP) is 1.83. The van der Waals surface area contributed by atoms with Crippen LogP contribution in [0.3, 0.4) is 0 Å². The Bertz CT molecular complexity index is 369. The van der Waals surface area contributed by atoms with E-state index in [1.54, 1.807) is 7.11 Å². The van der Waals surface area contributed by atoms with Gasteiger partial charge in [-0.1, -0.05) is 6.07 Å². The molecule has 2 nitrogen and oxygen atoms in total. The van der Waals surface area contributed by atoms with Gasteiger partial charge in [-0.2, -0.15) is 0 Å². The summed E-state index contributed by atoms with van der Waals surface area (Å²) in [4.78, 5) is 0. The summed E-state index contributed by atoms with van der Waals surface area (Å²) in [5.74, 6) is 1.07. The largest absolute Gasteiger partial charge is 0.496 e. The number of benzene rings is 1. The molecule has 0 radical (unpaired) electrons. The van der Waals surface area contributed by atoms with E-state index in [1.807, 2.05) is 0 Å². The van der Waals surface area contributed by atoms with Crippen molar-refractivity contribution in [2.45, 2.75) is 25.3 Å². The van der Waals surface area contributed by atoms with Crippen molar-refractivity contribution in [3.63, 3.8) is 0 Å². The minimum Gasteiger partial charge on any atom is -0.496 e. The maximum absolute atomic E-state index is 5.43. The highest BCUT2D eigenvalue weighted by Crippen LogP contribution is 2.36. The van der Waals surface area contributed by atoms with Crippen LogP contribution in [0.15, 0.2) is 12.1 Å². The summed E-state index contributed by atoms with van der Waals surface area (Å²) in [5.41, 5.74) is 4.38. The summed E-state index contributed by atoms with van der Waals surface area (Å²) >= 11 is 0. The van der Waals surface area contributed by atoms with E-state index >= 15 is 0 Å². The fourth-order valence-corrected chi connectivity index (χ4v) is 2.35. The highest BCUT2D eigenvalue weighted by molar-refractivity contribution is 5.47. The monoisotopic (exact) mass is 189 g/mol. The van der Waals surface area contributed by atoms with Crippen LogP contribution in [0.2, 0.25) is 0 Å². The Balaban J connectivity index is 2.08. The molecule has 1 aromatic carbocycles. The van der Waals surface area contributed by atoms with Crippen molar-refractivity contribution >= 4 is 0 Å². The number of fused-ring (bicyclic) bond motifs is 1. The molecule has 0 bridgehead atoms. The molecule has 1 atom stereocenters. The SMILES string of the molecule is COc1cc2c(cc1[C@H]1CN1)CCC2. The van der Waals surface area contributed by atoms with Gasteiger partial charge in [0.25, 0.3) is 0 Å². The molecule has 1 fully saturated rings. The van der Waals surface area contributed by atoms with E-state index in [4.69, 9.17) is 4.74 Å². The Morgan fingerprint density at radius 3 is 2.64 bits per heavy atom. The van der Waals surface area contributed by atoms with Crippen molar-refractivity contribution in [3.8, 4) is 5.75 Å². The molecule has 1 N–H and O–H groups in total. The van der Waals surface area contributed by atoms with Crippen molar-refractivity contribution in [1.82, 2.24) is 5.32 Å². The van der Waals surface area contributed by atoms with E-state index in [0.29, 0.717) is 6.04 Å². The lowest BCUT2D eigenvalue weighted by Gasteiger charge is -2.09. The maximum Gasteiger partial charge on any atom is 0.123 e. The molecule has 14 heavy (non-hydrogen) atoms. The van der Waals surface area contributed by atoms with Gasteiger partial charge in [0.1, 0.15) is 5.75 Å². The van der Waals surface area contributed by atoms with Gasteiger partial charge in [0.2, 0.25) is 0 Å². The van der Waals surface area contributed by atoms with Crippen LogP contribution in [-0.2, 0) is 12.8 Å². The van der Waals surface area contributed by atoms with Crippen LogP contribution in [-0.4, -0.2) is 13.7 Å². The third-order valence-electron chi connectivity index (χ3n) is 3.23. The molecule has 0 spiro atoms. The quantitative estimate of drug-likeness (QED) is 0.719. The molecule has 1 aliphatic carbocycles. The molecule has 0 aromatic heterocycles. The first-order valence-electron chi connectivity index (χ1n) is 5.31. The molecule has 2 heteroatoms. The van der Waals surface area contributed by atoms with Gasteiger partial charge >= 0.3 is 0 Å². The Kier molecular flexibility index (Phi) is 1.77. The molecular weight excluding hydrogens is 174 g/mol. The van der Waals surface area contributed by atoms with Gasteiger partial charge in [0, 0.05) is 18.2 Å². The number of rotatable bonds is 2. The molecule has 2 aliphatic rings. The Hall–Kier alpha value is -1.02. The lowest BCUT2D eigenvalue weighted by atomic mass is 10.0. The summed E-state index contributed by atoms with van der Waals surface area (Å²) in [6.07, 6.45) is 3.78. The maximum atomic E-state index is 5.43. The Morgan fingerprint density at radius 2 is 2.00 bits per heavy atom. The summed E-state index contributed by atoms with van der Waals surface area (Å²) in [7, 11) is 1.77. The summed E-state index contributed by atoms with van der Waals surface area (Å²) in [5, 5.41) is 3.34. The number of nitrogens with one attached hydrogen (secondary N) is 1. The van der Waals surface area contributed by atoms with Crippen molar-refractivity contribution < 1.29 is 4.74 Å². The van der Waals surface area contributed by atoms with Crippen molar-refractivity contribution in [3.05, 3.63) is 28.8 Å². The molecule has 0 unspecified atom stereocenters. The zero-order chi connectivity index (χ0) is 9.54. The van der Waals surface area contributed by atoms with Crippen LogP contribution in [0.25, 0.3) is 0 Å². The van der Waals surface area contributed by atoms with E-state index < -0.39 is 0 Å². The van der Waals surface area contributed by atoms with Gasteiger partial charge < -0.3 is 10.1 Å². The zero-order valence-corrected chi connectivity index (χ0v) is 8.47. The molecule has 0 saturated carbocycles. The van der Waals surface area contributed by atoms with Crippen molar-refractivity contribution in [2.24, 2.45) is 0 Å². The number of methoxy groups -OCH3 is 1. The first kappa shape index (κ1) is 8.30. The van der Waals surface area contributed by atoms with E-state index in [1.165, 1.54) is 36.0 Å². The average molecular weight is 189 g/mol. The number of hydrogen-bond donors (Lipinski definition) is 1. The van der Waals surface area contributed by atoms with Gasteiger partial charge in [-0.25, -0.2) is 0 Å². The second kappa shape index (κ2) is 2.99. The van der Waals surface area contributed by atoms with Crippen LogP contribution in [0, 0.1) is 0 Å². The molecule has 74 valence electrons. The van der Waals surface area contributed by atoms with Gasteiger partial charge in [-0.05, 0) is 36.5 Å². The molecule has 1 aromatic rings. The highest BCUT2D eigenvalue weighted by Gasteiger charge is 2.27. The second-order valence-electron chi connectivity index (χ2n) is 4.18. The minimum atomic E-state index is 0.552.